The molecule has 1 aromatic carbocycles. The molecule has 0 spiro atoms. The second kappa shape index (κ2) is 3.84. The van der Waals surface area contributed by atoms with Crippen molar-refractivity contribution in [2.75, 3.05) is 11.9 Å². The molecule has 3 rings (SSSR count). The van der Waals surface area contributed by atoms with E-state index in [1.165, 1.54) is 16.7 Å². The molecular weight excluding hydrogens is 214 g/mol. The van der Waals surface area contributed by atoms with E-state index in [0.717, 1.165) is 18.9 Å². The van der Waals surface area contributed by atoms with Crippen molar-refractivity contribution in [2.45, 2.75) is 26.3 Å². The normalized spacial score (nSPS) is 18.6. The molecule has 0 aliphatic carbocycles. The summed E-state index contributed by atoms with van der Waals surface area (Å²) in [6.45, 7) is 5.18. The van der Waals surface area contributed by atoms with E-state index in [1.54, 1.807) is 0 Å². The minimum Gasteiger partial charge on any atom is -0.353 e. The van der Waals surface area contributed by atoms with Crippen LogP contribution in [0.2, 0.25) is 0 Å². The number of benzene rings is 1. The third-order valence-electron chi connectivity index (χ3n) is 3.27. The predicted octanol–water partition coefficient (Wildman–Crippen LogP) is 1.69. The van der Waals surface area contributed by atoms with Gasteiger partial charge in [-0.2, -0.15) is 0 Å². The maximum Gasteiger partial charge on any atom is 0.243 e. The molecule has 5 heteroatoms. The van der Waals surface area contributed by atoms with Crippen LogP contribution < -0.4 is 5.32 Å². The van der Waals surface area contributed by atoms with Gasteiger partial charge in [-0.25, -0.2) is 4.68 Å². The number of hydrogen-bond acceptors (Lipinski definition) is 4. The predicted molar refractivity (Wildman–Crippen MR) is 65.0 cm³/mol. The van der Waals surface area contributed by atoms with Gasteiger partial charge >= 0.3 is 0 Å². The molecule has 0 amide bonds. The molecule has 0 bridgehead atoms. The highest BCUT2D eigenvalue weighted by Crippen LogP contribution is 2.29. The van der Waals surface area contributed by atoms with Crippen LogP contribution >= 0.6 is 0 Å². The van der Waals surface area contributed by atoms with Gasteiger partial charge in [0.05, 0.1) is 6.04 Å². The Balaban J connectivity index is 2.06. The third-order valence-corrected chi connectivity index (χ3v) is 3.27. The summed E-state index contributed by atoms with van der Waals surface area (Å²) in [7, 11) is 0. The third kappa shape index (κ3) is 1.67. The smallest absolute Gasteiger partial charge is 0.243 e. The first-order valence-corrected chi connectivity index (χ1v) is 5.84. The van der Waals surface area contributed by atoms with Gasteiger partial charge in [-0.3, -0.25) is 0 Å². The summed E-state index contributed by atoms with van der Waals surface area (Å²) in [6.07, 6.45) is 1.02. The zero-order valence-electron chi connectivity index (χ0n) is 10.0. The molecule has 2 heterocycles. The Morgan fingerprint density at radius 3 is 3.06 bits per heavy atom. The first-order valence-electron chi connectivity index (χ1n) is 5.84. The number of fused-ring (bicyclic) bond motifs is 1. The van der Waals surface area contributed by atoms with Crippen LogP contribution in [0, 0.1) is 13.8 Å². The Kier molecular flexibility index (Phi) is 2.31. The number of nitrogens with one attached hydrogen (secondary N) is 1. The van der Waals surface area contributed by atoms with Crippen LogP contribution in [0.4, 0.5) is 5.95 Å². The Hall–Kier alpha value is -1.91. The van der Waals surface area contributed by atoms with Crippen LogP contribution in [0.5, 0.6) is 0 Å². The maximum atomic E-state index is 4.07. The summed E-state index contributed by atoms with van der Waals surface area (Å²) in [5.41, 5.74) is 3.90. The van der Waals surface area contributed by atoms with Crippen molar-refractivity contribution >= 4 is 5.95 Å². The molecule has 88 valence electrons. The van der Waals surface area contributed by atoms with Gasteiger partial charge in [-0.05, 0) is 41.8 Å². The highest BCUT2D eigenvalue weighted by Gasteiger charge is 2.24. The van der Waals surface area contributed by atoms with Crippen LogP contribution in [-0.2, 0) is 0 Å². The van der Waals surface area contributed by atoms with E-state index in [1.807, 2.05) is 4.68 Å². The van der Waals surface area contributed by atoms with Crippen LogP contribution in [0.1, 0.15) is 29.2 Å². The number of rotatable bonds is 1. The molecule has 0 fully saturated rings. The largest absolute Gasteiger partial charge is 0.353 e. The van der Waals surface area contributed by atoms with Gasteiger partial charge < -0.3 is 5.32 Å². The molecule has 0 saturated heterocycles. The van der Waals surface area contributed by atoms with E-state index in [9.17, 15) is 0 Å². The lowest BCUT2D eigenvalue weighted by Gasteiger charge is -2.25. The van der Waals surface area contributed by atoms with Gasteiger partial charge in [0.25, 0.3) is 0 Å². The second-order valence-corrected chi connectivity index (χ2v) is 4.54. The summed E-state index contributed by atoms with van der Waals surface area (Å²) in [4.78, 5) is 0. The van der Waals surface area contributed by atoms with Crippen molar-refractivity contribution in [2.24, 2.45) is 0 Å². The van der Waals surface area contributed by atoms with Gasteiger partial charge in [0.2, 0.25) is 5.95 Å². The average molecular weight is 229 g/mol. The number of hydrogen-bond donors (Lipinski definition) is 1. The summed E-state index contributed by atoms with van der Waals surface area (Å²) in [5, 5.41) is 15.0. The van der Waals surface area contributed by atoms with Crippen LogP contribution in [0.3, 0.4) is 0 Å². The average Bonchev–Trinajstić information content (AvgIpc) is 2.77. The number of nitrogens with zero attached hydrogens (tertiary/aromatic N) is 4. The Bertz CT molecular complexity index is 546. The Morgan fingerprint density at radius 2 is 2.24 bits per heavy atom. The van der Waals surface area contributed by atoms with E-state index in [-0.39, 0.29) is 6.04 Å². The fourth-order valence-electron chi connectivity index (χ4n) is 2.45. The van der Waals surface area contributed by atoms with Crippen molar-refractivity contribution < 1.29 is 0 Å². The number of aromatic nitrogens is 4. The minimum atomic E-state index is 0.252. The second-order valence-electron chi connectivity index (χ2n) is 4.54. The first-order chi connectivity index (χ1) is 8.25. The fraction of sp³-hybridized carbons (Fsp3) is 0.417. The molecule has 1 N–H and O–H groups in total. The van der Waals surface area contributed by atoms with Crippen molar-refractivity contribution in [3.05, 3.63) is 34.9 Å². The highest BCUT2D eigenvalue weighted by molar-refractivity contribution is 5.36. The molecule has 2 aromatic rings. The molecule has 1 aromatic heterocycles. The summed E-state index contributed by atoms with van der Waals surface area (Å²) >= 11 is 0. The van der Waals surface area contributed by atoms with Crippen molar-refractivity contribution in [3.63, 3.8) is 0 Å². The molecule has 1 unspecified atom stereocenters. The van der Waals surface area contributed by atoms with Crippen molar-refractivity contribution in [1.82, 2.24) is 20.2 Å². The van der Waals surface area contributed by atoms with Gasteiger partial charge in [-0.1, -0.05) is 28.9 Å². The maximum absolute atomic E-state index is 4.07. The number of aryl methyl sites for hydroxylation is 2. The molecule has 0 radical (unpaired) electrons. The quantitative estimate of drug-likeness (QED) is 0.808. The lowest BCUT2D eigenvalue weighted by Crippen LogP contribution is -2.25. The zero-order valence-corrected chi connectivity index (χ0v) is 10.0. The molecule has 0 saturated carbocycles. The van der Waals surface area contributed by atoms with Crippen molar-refractivity contribution in [3.8, 4) is 0 Å². The number of anilines is 1. The molecule has 1 aliphatic heterocycles. The topological polar surface area (TPSA) is 55.6 Å². The van der Waals surface area contributed by atoms with Crippen LogP contribution in [0.25, 0.3) is 0 Å². The monoisotopic (exact) mass is 229 g/mol. The summed E-state index contributed by atoms with van der Waals surface area (Å²) in [5.74, 6) is 0.765. The zero-order chi connectivity index (χ0) is 11.8. The molecule has 5 nitrogen and oxygen atoms in total. The minimum absolute atomic E-state index is 0.252. The lowest BCUT2D eigenvalue weighted by atomic mass is 9.96. The van der Waals surface area contributed by atoms with E-state index in [4.69, 9.17) is 0 Å². The molecule has 17 heavy (non-hydrogen) atoms. The van der Waals surface area contributed by atoms with E-state index < -0.39 is 0 Å². The SMILES string of the molecule is Cc1ccc(C2CCNc3nnnn32)c(C)c1. The van der Waals surface area contributed by atoms with E-state index in [0.29, 0.717) is 0 Å². The number of tetrazole rings is 1. The van der Waals surface area contributed by atoms with Gasteiger partial charge in [-0.15, -0.1) is 0 Å². The standard InChI is InChI=1S/C12H15N5/c1-8-3-4-10(9(2)7-8)11-5-6-13-12-14-15-16-17(11)12/h3-4,7,11H,5-6H2,1-2H3,(H,13,14,16). The summed E-state index contributed by atoms with van der Waals surface area (Å²) in [6, 6.07) is 6.80. The highest BCUT2D eigenvalue weighted by atomic mass is 15.6. The van der Waals surface area contributed by atoms with E-state index in [2.05, 4.69) is 52.9 Å². The van der Waals surface area contributed by atoms with Gasteiger partial charge in [0, 0.05) is 6.54 Å². The Morgan fingerprint density at radius 1 is 1.35 bits per heavy atom. The fourth-order valence-corrected chi connectivity index (χ4v) is 2.45. The van der Waals surface area contributed by atoms with E-state index >= 15 is 0 Å². The van der Waals surface area contributed by atoms with Crippen LogP contribution in [-0.4, -0.2) is 26.8 Å². The molecule has 1 atom stereocenters. The molecule has 1 aliphatic rings. The van der Waals surface area contributed by atoms with Crippen LogP contribution in [0.15, 0.2) is 18.2 Å². The lowest BCUT2D eigenvalue weighted by molar-refractivity contribution is 0.467. The first kappa shape index (κ1) is 10.3. The summed E-state index contributed by atoms with van der Waals surface area (Å²) < 4.78 is 1.88. The molecular formula is C12H15N5. The van der Waals surface area contributed by atoms with Crippen molar-refractivity contribution in [1.29, 1.82) is 0 Å². The van der Waals surface area contributed by atoms with Gasteiger partial charge in [0.15, 0.2) is 0 Å². The van der Waals surface area contributed by atoms with Gasteiger partial charge in [0.1, 0.15) is 0 Å². The Labute approximate surface area is 99.8 Å².